The first kappa shape index (κ1) is 22.0. The highest BCUT2D eigenvalue weighted by Gasteiger charge is 2.30. The van der Waals surface area contributed by atoms with Gasteiger partial charge in [0.05, 0.1) is 7.11 Å². The van der Waals surface area contributed by atoms with Gasteiger partial charge in [0.2, 0.25) is 0 Å². The van der Waals surface area contributed by atoms with E-state index in [2.05, 4.69) is 48.2 Å². The second-order valence-electron chi connectivity index (χ2n) is 6.78. The Morgan fingerprint density at radius 2 is 2.08 bits per heavy atom. The van der Waals surface area contributed by atoms with Crippen LogP contribution < -0.4 is 15.8 Å². The zero-order valence-electron chi connectivity index (χ0n) is 15.9. The molecule has 1 aliphatic heterocycles. The van der Waals surface area contributed by atoms with Gasteiger partial charge in [0.25, 0.3) is 0 Å². The number of rotatable bonds is 6. The number of nitrogens with two attached hydrogens (primary N) is 1. The molecule has 0 saturated carbocycles. The van der Waals surface area contributed by atoms with Crippen LogP contribution in [0.4, 0.5) is 0 Å². The van der Waals surface area contributed by atoms with E-state index in [1.165, 1.54) is 18.4 Å². The van der Waals surface area contributed by atoms with Gasteiger partial charge in [0, 0.05) is 18.6 Å². The lowest BCUT2D eigenvalue weighted by Crippen LogP contribution is -2.40. The molecular formula is C19H33IN4O. The second kappa shape index (κ2) is 10.9. The van der Waals surface area contributed by atoms with Gasteiger partial charge in [0.1, 0.15) is 5.75 Å². The minimum atomic E-state index is 0. The third kappa shape index (κ3) is 6.33. The fourth-order valence-electron chi connectivity index (χ4n) is 3.39. The third-order valence-corrected chi connectivity index (χ3v) is 4.97. The van der Waals surface area contributed by atoms with Crippen molar-refractivity contribution in [3.63, 3.8) is 0 Å². The number of guanidine groups is 1. The first-order chi connectivity index (χ1) is 11.5. The number of halogens is 1. The quantitative estimate of drug-likeness (QED) is 0.388. The molecule has 0 amide bonds. The summed E-state index contributed by atoms with van der Waals surface area (Å²) in [4.78, 5) is 7.05. The largest absolute Gasteiger partial charge is 0.497 e. The van der Waals surface area contributed by atoms with Gasteiger partial charge in [-0.15, -0.1) is 24.0 Å². The number of nitrogens with zero attached hydrogens (tertiary/aromatic N) is 2. The maximum absolute atomic E-state index is 6.03. The number of aliphatic imine (C=N–C) groups is 1. The van der Waals surface area contributed by atoms with Crippen molar-refractivity contribution in [2.24, 2.45) is 16.6 Å². The summed E-state index contributed by atoms with van der Waals surface area (Å²) in [5, 5.41) is 3.25. The Hall–Kier alpha value is -1.02. The number of hydrogen-bond acceptors (Lipinski definition) is 3. The summed E-state index contributed by atoms with van der Waals surface area (Å²) >= 11 is 0. The minimum absolute atomic E-state index is 0. The molecular weight excluding hydrogens is 427 g/mol. The zero-order chi connectivity index (χ0) is 17.5. The number of ether oxygens (including phenoxy) is 1. The second-order valence-corrected chi connectivity index (χ2v) is 6.78. The summed E-state index contributed by atoms with van der Waals surface area (Å²) in [5.41, 5.74) is 7.36. The van der Waals surface area contributed by atoms with E-state index in [4.69, 9.17) is 10.5 Å². The van der Waals surface area contributed by atoms with E-state index in [1.54, 1.807) is 7.11 Å². The number of hydrogen-bond donors (Lipinski definition) is 2. The lowest BCUT2D eigenvalue weighted by molar-refractivity contribution is 0.125. The first-order valence-electron chi connectivity index (χ1n) is 8.95. The van der Waals surface area contributed by atoms with E-state index in [1.807, 2.05) is 12.1 Å². The lowest BCUT2D eigenvalue weighted by Gasteiger charge is -2.39. The molecule has 2 rings (SSSR count). The Bertz CT molecular complexity index is 535. The van der Waals surface area contributed by atoms with Gasteiger partial charge in [-0.25, -0.2) is 0 Å². The highest BCUT2D eigenvalue weighted by atomic mass is 127. The number of nitrogens with one attached hydrogen (secondary N) is 1. The summed E-state index contributed by atoms with van der Waals surface area (Å²) < 4.78 is 5.28. The SMILES string of the molecule is CCC(C)NC(N)=NCC1CCCN(C)C1c1ccc(OC)cc1.I. The molecule has 0 aliphatic carbocycles. The molecule has 1 saturated heterocycles. The fourth-order valence-corrected chi connectivity index (χ4v) is 3.39. The van der Waals surface area contributed by atoms with Crippen molar-refractivity contribution in [3.05, 3.63) is 29.8 Å². The Kier molecular flexibility index (Phi) is 9.56. The van der Waals surface area contributed by atoms with Crippen LogP contribution in [0.25, 0.3) is 0 Å². The normalized spacial score (nSPS) is 22.8. The molecule has 1 aromatic carbocycles. The van der Waals surface area contributed by atoms with E-state index < -0.39 is 0 Å². The van der Waals surface area contributed by atoms with Crippen molar-refractivity contribution >= 4 is 29.9 Å². The molecule has 0 radical (unpaired) electrons. The van der Waals surface area contributed by atoms with Gasteiger partial charge in [0.15, 0.2) is 5.96 Å². The van der Waals surface area contributed by atoms with Crippen molar-refractivity contribution in [1.29, 1.82) is 0 Å². The van der Waals surface area contributed by atoms with Gasteiger partial charge < -0.3 is 15.8 Å². The van der Waals surface area contributed by atoms with E-state index in [0.717, 1.165) is 25.3 Å². The number of methoxy groups -OCH3 is 1. The monoisotopic (exact) mass is 460 g/mol. The molecule has 1 heterocycles. The summed E-state index contributed by atoms with van der Waals surface area (Å²) in [5.74, 6) is 1.94. The molecule has 0 bridgehead atoms. The molecule has 0 aromatic heterocycles. The standard InChI is InChI=1S/C19H32N4O.HI/c1-5-14(2)22-19(20)21-13-16-7-6-12-23(3)18(16)15-8-10-17(24-4)11-9-15;/h8-11,14,16,18H,5-7,12-13H2,1-4H3,(H3,20,21,22);1H. The van der Waals surface area contributed by atoms with Gasteiger partial charge >= 0.3 is 0 Å². The highest BCUT2D eigenvalue weighted by molar-refractivity contribution is 14.0. The molecule has 0 spiro atoms. The predicted molar refractivity (Wildman–Crippen MR) is 116 cm³/mol. The van der Waals surface area contributed by atoms with Crippen molar-refractivity contribution in [2.75, 3.05) is 27.2 Å². The van der Waals surface area contributed by atoms with Gasteiger partial charge in [-0.1, -0.05) is 19.1 Å². The van der Waals surface area contributed by atoms with Crippen LogP contribution in [0.1, 0.15) is 44.7 Å². The van der Waals surface area contributed by atoms with Gasteiger partial charge in [-0.3, -0.25) is 9.89 Å². The Labute approximate surface area is 169 Å². The van der Waals surface area contributed by atoms with E-state index in [0.29, 0.717) is 24.0 Å². The molecule has 3 N–H and O–H groups in total. The lowest BCUT2D eigenvalue weighted by atomic mass is 9.85. The molecule has 1 aliphatic rings. The molecule has 142 valence electrons. The van der Waals surface area contributed by atoms with Crippen LogP contribution in [0.5, 0.6) is 5.75 Å². The molecule has 5 nitrogen and oxygen atoms in total. The summed E-state index contributed by atoms with van der Waals surface area (Å²) in [6.07, 6.45) is 3.43. The van der Waals surface area contributed by atoms with Gasteiger partial charge in [-0.2, -0.15) is 0 Å². The zero-order valence-corrected chi connectivity index (χ0v) is 18.2. The number of likely N-dealkylation sites (tertiary alicyclic amines) is 1. The van der Waals surface area contributed by atoms with Crippen LogP contribution in [-0.4, -0.2) is 44.1 Å². The Morgan fingerprint density at radius 3 is 2.68 bits per heavy atom. The number of benzene rings is 1. The van der Waals surface area contributed by atoms with Crippen LogP contribution in [-0.2, 0) is 0 Å². The fraction of sp³-hybridized carbons (Fsp3) is 0.632. The Morgan fingerprint density at radius 1 is 1.40 bits per heavy atom. The molecule has 6 heteroatoms. The minimum Gasteiger partial charge on any atom is -0.497 e. The van der Waals surface area contributed by atoms with Crippen molar-refractivity contribution in [3.8, 4) is 5.75 Å². The Balaban J connectivity index is 0.00000312. The number of piperidine rings is 1. The summed E-state index contributed by atoms with van der Waals surface area (Å²) in [6.45, 7) is 6.14. The predicted octanol–water partition coefficient (Wildman–Crippen LogP) is 3.40. The molecule has 1 fully saturated rings. The third-order valence-electron chi connectivity index (χ3n) is 4.97. The smallest absolute Gasteiger partial charge is 0.188 e. The summed E-state index contributed by atoms with van der Waals surface area (Å²) in [7, 11) is 3.90. The highest BCUT2D eigenvalue weighted by Crippen LogP contribution is 2.35. The van der Waals surface area contributed by atoms with Crippen LogP contribution in [0.15, 0.2) is 29.3 Å². The average Bonchev–Trinajstić information content (AvgIpc) is 2.60. The van der Waals surface area contributed by atoms with Gasteiger partial charge in [-0.05, 0) is 63.4 Å². The average molecular weight is 460 g/mol. The molecule has 25 heavy (non-hydrogen) atoms. The van der Waals surface area contributed by atoms with Crippen LogP contribution in [0.3, 0.4) is 0 Å². The van der Waals surface area contributed by atoms with Crippen LogP contribution >= 0.6 is 24.0 Å². The maximum Gasteiger partial charge on any atom is 0.188 e. The molecule has 3 atom stereocenters. The first-order valence-corrected chi connectivity index (χ1v) is 8.95. The van der Waals surface area contributed by atoms with Crippen molar-refractivity contribution in [1.82, 2.24) is 10.2 Å². The van der Waals surface area contributed by atoms with Crippen molar-refractivity contribution < 1.29 is 4.74 Å². The van der Waals surface area contributed by atoms with Crippen molar-refractivity contribution in [2.45, 2.75) is 45.2 Å². The molecule has 3 unspecified atom stereocenters. The van der Waals surface area contributed by atoms with Crippen LogP contribution in [0, 0.1) is 5.92 Å². The maximum atomic E-state index is 6.03. The van der Waals surface area contributed by atoms with E-state index in [9.17, 15) is 0 Å². The van der Waals surface area contributed by atoms with E-state index in [-0.39, 0.29) is 24.0 Å². The van der Waals surface area contributed by atoms with Crippen LogP contribution in [0.2, 0.25) is 0 Å². The summed E-state index contributed by atoms with van der Waals surface area (Å²) in [6, 6.07) is 9.16. The topological polar surface area (TPSA) is 62.9 Å². The van der Waals surface area contributed by atoms with E-state index >= 15 is 0 Å². The molecule has 1 aromatic rings.